The van der Waals surface area contributed by atoms with Gasteiger partial charge in [-0.15, -0.1) is 0 Å². The van der Waals surface area contributed by atoms with Gasteiger partial charge in [0.05, 0.1) is 23.7 Å². The normalized spacial score (nSPS) is 16.4. The van der Waals surface area contributed by atoms with E-state index in [0.29, 0.717) is 12.2 Å². The third-order valence-electron chi connectivity index (χ3n) is 3.02. The first kappa shape index (κ1) is 12.8. The molecule has 6 nitrogen and oxygen atoms in total. The number of ether oxygens (including phenoxy) is 1. The topological polar surface area (TPSA) is 75.8 Å². The fourth-order valence-electron chi connectivity index (χ4n) is 2.08. The van der Waals surface area contributed by atoms with Gasteiger partial charge in [0.1, 0.15) is 0 Å². The van der Waals surface area contributed by atoms with Gasteiger partial charge in [0, 0.05) is 31.5 Å². The number of aliphatic hydroxyl groups excluding tert-OH is 1. The Kier molecular flexibility index (Phi) is 4.11. The smallest absolute Gasteiger partial charge is 0.275 e. The molecule has 1 heterocycles. The number of aliphatic hydroxyl groups is 1. The first-order valence-electron chi connectivity index (χ1n) is 5.93. The van der Waals surface area contributed by atoms with E-state index in [4.69, 9.17) is 4.74 Å². The molecule has 0 atom stereocenters. The summed E-state index contributed by atoms with van der Waals surface area (Å²) < 4.78 is 5.37. The molecule has 0 radical (unpaired) electrons. The average molecular weight is 252 g/mol. The highest BCUT2D eigenvalue weighted by Gasteiger charge is 2.16. The van der Waals surface area contributed by atoms with Crippen molar-refractivity contribution in [3.8, 4) is 0 Å². The van der Waals surface area contributed by atoms with Gasteiger partial charge in [-0.3, -0.25) is 10.1 Å². The summed E-state index contributed by atoms with van der Waals surface area (Å²) in [6, 6.07) is 4.86. The molecule has 1 N–H and O–H groups in total. The number of hydrogen-bond acceptors (Lipinski definition) is 5. The SMILES string of the molecule is O=[N+]([O-])c1ccc(N2CCCOCC2)cc1CO. The van der Waals surface area contributed by atoms with Crippen LogP contribution in [-0.2, 0) is 11.3 Å². The summed E-state index contributed by atoms with van der Waals surface area (Å²) in [5.41, 5.74) is 1.21. The van der Waals surface area contributed by atoms with Gasteiger partial charge in [0.25, 0.3) is 5.69 Å². The van der Waals surface area contributed by atoms with E-state index in [1.807, 2.05) is 0 Å². The molecular formula is C12H16N2O4. The van der Waals surface area contributed by atoms with Crippen LogP contribution in [0.5, 0.6) is 0 Å². The molecule has 1 aromatic rings. The molecule has 98 valence electrons. The Morgan fingerprint density at radius 1 is 1.39 bits per heavy atom. The van der Waals surface area contributed by atoms with Crippen molar-refractivity contribution in [3.05, 3.63) is 33.9 Å². The summed E-state index contributed by atoms with van der Waals surface area (Å²) in [5, 5.41) is 20.0. The standard InChI is InChI=1S/C12H16N2O4/c15-9-10-8-11(2-3-12(10)14(16)17)13-4-1-6-18-7-5-13/h2-3,8,15H,1,4-7,9H2. The maximum atomic E-state index is 10.8. The Bertz CT molecular complexity index is 428. The van der Waals surface area contributed by atoms with Gasteiger partial charge >= 0.3 is 0 Å². The second-order valence-electron chi connectivity index (χ2n) is 4.18. The zero-order valence-electron chi connectivity index (χ0n) is 10.0. The van der Waals surface area contributed by atoms with Crippen LogP contribution in [0.25, 0.3) is 0 Å². The molecule has 0 spiro atoms. The minimum Gasteiger partial charge on any atom is -0.391 e. The van der Waals surface area contributed by atoms with Crippen molar-refractivity contribution >= 4 is 11.4 Å². The van der Waals surface area contributed by atoms with Crippen molar-refractivity contribution in [1.82, 2.24) is 0 Å². The Hall–Kier alpha value is -1.66. The summed E-state index contributed by atoms with van der Waals surface area (Å²) in [6.45, 7) is 2.71. The zero-order chi connectivity index (χ0) is 13.0. The molecule has 0 unspecified atom stereocenters. The third-order valence-corrected chi connectivity index (χ3v) is 3.02. The molecule has 2 rings (SSSR count). The fraction of sp³-hybridized carbons (Fsp3) is 0.500. The van der Waals surface area contributed by atoms with Gasteiger partial charge in [-0.25, -0.2) is 0 Å². The lowest BCUT2D eigenvalue weighted by molar-refractivity contribution is -0.385. The van der Waals surface area contributed by atoms with Crippen LogP contribution < -0.4 is 4.90 Å². The van der Waals surface area contributed by atoms with E-state index < -0.39 is 4.92 Å². The predicted octanol–water partition coefficient (Wildman–Crippen LogP) is 1.31. The van der Waals surface area contributed by atoms with Gasteiger partial charge in [0.2, 0.25) is 0 Å². The number of hydrogen-bond donors (Lipinski definition) is 1. The van der Waals surface area contributed by atoms with Crippen LogP contribution in [-0.4, -0.2) is 36.3 Å². The van der Waals surface area contributed by atoms with Gasteiger partial charge in [-0.2, -0.15) is 0 Å². The van der Waals surface area contributed by atoms with E-state index in [9.17, 15) is 15.2 Å². The van der Waals surface area contributed by atoms with Gasteiger partial charge in [-0.1, -0.05) is 0 Å². The van der Waals surface area contributed by atoms with Crippen LogP contribution in [0.1, 0.15) is 12.0 Å². The molecule has 1 aliphatic heterocycles. The number of nitrogens with zero attached hydrogens (tertiary/aromatic N) is 2. The molecule has 0 aromatic heterocycles. The summed E-state index contributed by atoms with van der Waals surface area (Å²) in [4.78, 5) is 12.4. The minimum atomic E-state index is -0.471. The van der Waals surface area contributed by atoms with E-state index in [2.05, 4.69) is 4.90 Å². The number of benzene rings is 1. The summed E-state index contributed by atoms with van der Waals surface area (Å²) in [5.74, 6) is 0. The van der Waals surface area contributed by atoms with Gasteiger partial charge in [0.15, 0.2) is 0 Å². The molecule has 0 saturated carbocycles. The third kappa shape index (κ3) is 2.77. The van der Waals surface area contributed by atoms with Crippen LogP contribution in [0.4, 0.5) is 11.4 Å². The molecule has 6 heteroatoms. The summed E-state index contributed by atoms with van der Waals surface area (Å²) in [7, 11) is 0. The molecule has 0 bridgehead atoms. The number of nitro groups is 1. The van der Waals surface area contributed by atoms with E-state index in [1.54, 1.807) is 12.1 Å². The van der Waals surface area contributed by atoms with Crippen molar-refractivity contribution in [3.63, 3.8) is 0 Å². The molecule has 1 aliphatic rings. The summed E-state index contributed by atoms with van der Waals surface area (Å²) in [6.07, 6.45) is 0.936. The highest BCUT2D eigenvalue weighted by Crippen LogP contribution is 2.25. The lowest BCUT2D eigenvalue weighted by Gasteiger charge is -2.22. The highest BCUT2D eigenvalue weighted by atomic mass is 16.6. The molecule has 1 fully saturated rings. The van der Waals surface area contributed by atoms with E-state index >= 15 is 0 Å². The second-order valence-corrected chi connectivity index (χ2v) is 4.18. The monoisotopic (exact) mass is 252 g/mol. The van der Waals surface area contributed by atoms with E-state index in [0.717, 1.165) is 31.8 Å². The number of nitro benzene ring substituents is 1. The molecule has 1 saturated heterocycles. The molecule has 18 heavy (non-hydrogen) atoms. The second kappa shape index (κ2) is 5.79. The van der Waals surface area contributed by atoms with Crippen molar-refractivity contribution in [1.29, 1.82) is 0 Å². The van der Waals surface area contributed by atoms with Crippen LogP contribution in [0, 0.1) is 10.1 Å². The van der Waals surface area contributed by atoms with Crippen molar-refractivity contribution in [2.45, 2.75) is 13.0 Å². The lowest BCUT2D eigenvalue weighted by atomic mass is 10.1. The number of anilines is 1. The van der Waals surface area contributed by atoms with Crippen molar-refractivity contribution in [2.75, 3.05) is 31.2 Å². The Morgan fingerprint density at radius 2 is 2.22 bits per heavy atom. The first-order chi connectivity index (χ1) is 8.72. The molecule has 0 amide bonds. The van der Waals surface area contributed by atoms with Crippen LogP contribution >= 0.6 is 0 Å². The largest absolute Gasteiger partial charge is 0.391 e. The van der Waals surface area contributed by atoms with E-state index in [1.165, 1.54) is 6.07 Å². The Labute approximate surface area is 105 Å². The van der Waals surface area contributed by atoms with E-state index in [-0.39, 0.29) is 12.3 Å². The number of rotatable bonds is 3. The maximum Gasteiger partial charge on any atom is 0.275 e. The lowest BCUT2D eigenvalue weighted by Crippen LogP contribution is -2.25. The zero-order valence-corrected chi connectivity index (χ0v) is 10.0. The molecule has 0 aliphatic carbocycles. The average Bonchev–Trinajstić information content (AvgIpc) is 2.66. The summed E-state index contributed by atoms with van der Waals surface area (Å²) >= 11 is 0. The Balaban J connectivity index is 2.25. The van der Waals surface area contributed by atoms with Gasteiger partial charge in [-0.05, 0) is 18.6 Å². The first-order valence-corrected chi connectivity index (χ1v) is 5.93. The fourth-order valence-corrected chi connectivity index (χ4v) is 2.08. The maximum absolute atomic E-state index is 10.8. The van der Waals surface area contributed by atoms with Crippen LogP contribution in [0.2, 0.25) is 0 Å². The minimum absolute atomic E-state index is 0.0349. The van der Waals surface area contributed by atoms with Crippen molar-refractivity contribution < 1.29 is 14.8 Å². The van der Waals surface area contributed by atoms with Crippen molar-refractivity contribution in [2.24, 2.45) is 0 Å². The molecule has 1 aromatic carbocycles. The van der Waals surface area contributed by atoms with Gasteiger partial charge < -0.3 is 14.7 Å². The predicted molar refractivity (Wildman–Crippen MR) is 66.7 cm³/mol. The Morgan fingerprint density at radius 3 is 2.94 bits per heavy atom. The molecular weight excluding hydrogens is 236 g/mol. The quantitative estimate of drug-likeness (QED) is 0.648. The van der Waals surface area contributed by atoms with Crippen LogP contribution in [0.3, 0.4) is 0 Å². The highest BCUT2D eigenvalue weighted by molar-refractivity contribution is 5.55. The van der Waals surface area contributed by atoms with Crippen LogP contribution in [0.15, 0.2) is 18.2 Å².